The summed E-state index contributed by atoms with van der Waals surface area (Å²) in [5, 5.41) is 16.8. The maximum Gasteiger partial charge on any atom is 0.356 e. The Morgan fingerprint density at radius 1 is 1.41 bits per heavy atom. The van der Waals surface area contributed by atoms with E-state index in [-0.39, 0.29) is 11.1 Å². The third-order valence-electron chi connectivity index (χ3n) is 8.01. The van der Waals surface area contributed by atoms with E-state index in [1.165, 1.54) is 11.1 Å². The Bertz CT molecular complexity index is 1040. The highest BCUT2D eigenvalue weighted by molar-refractivity contribution is 7.90. The van der Waals surface area contributed by atoms with Crippen LogP contribution in [-0.2, 0) is 34.0 Å². The molecule has 8 nitrogen and oxygen atoms in total. The second-order valence-corrected chi connectivity index (χ2v) is 9.76. The van der Waals surface area contributed by atoms with E-state index in [1.807, 2.05) is 0 Å². The molecular formula is C23H29N3O5S. The lowest BCUT2D eigenvalue weighted by Gasteiger charge is -2.49. The molecule has 0 spiro atoms. The molecule has 0 amide bonds. The van der Waals surface area contributed by atoms with Gasteiger partial charge in [-0.1, -0.05) is 19.9 Å². The number of carbonyl (C=O) groups is 1. The van der Waals surface area contributed by atoms with Gasteiger partial charge < -0.3 is 9.29 Å². The van der Waals surface area contributed by atoms with Crippen molar-refractivity contribution in [2.45, 2.75) is 63.7 Å². The number of aromatic nitrogens is 2. The van der Waals surface area contributed by atoms with Gasteiger partial charge in [0.1, 0.15) is 5.75 Å². The molecule has 172 valence electrons. The predicted octanol–water partition coefficient (Wildman–Crippen LogP) is 4.26. The van der Waals surface area contributed by atoms with Crippen molar-refractivity contribution in [2.24, 2.45) is 11.8 Å². The minimum absolute atomic E-state index is 0.0212. The fourth-order valence-corrected chi connectivity index (χ4v) is 6.89. The number of fused-ring (bicyclic) bond motifs is 7. The number of benzene rings is 1. The van der Waals surface area contributed by atoms with Crippen LogP contribution in [0.5, 0.6) is 5.75 Å². The van der Waals surface area contributed by atoms with Gasteiger partial charge in [-0.15, -0.1) is 9.32 Å². The van der Waals surface area contributed by atoms with E-state index in [0.717, 1.165) is 73.4 Å². The predicted molar refractivity (Wildman–Crippen MR) is 119 cm³/mol. The number of hydrogen-bond donors (Lipinski definition) is 3. The largest absolute Gasteiger partial charge is 0.476 e. The van der Waals surface area contributed by atoms with E-state index in [4.69, 9.17) is 8.52 Å². The number of carboxylic acid groups (broad SMARTS) is 1. The lowest BCUT2D eigenvalue weighted by molar-refractivity contribution is -0.241. The molecule has 0 radical (unpaired) electrons. The van der Waals surface area contributed by atoms with Gasteiger partial charge >= 0.3 is 5.97 Å². The fraction of sp³-hybridized carbons (Fsp3) is 0.565. The van der Waals surface area contributed by atoms with Crippen molar-refractivity contribution in [1.82, 2.24) is 15.7 Å². The molecule has 1 fully saturated rings. The van der Waals surface area contributed by atoms with E-state index >= 15 is 0 Å². The van der Waals surface area contributed by atoms with Gasteiger partial charge in [0.15, 0.2) is 5.69 Å². The van der Waals surface area contributed by atoms with Gasteiger partial charge in [0.2, 0.25) is 0 Å². The first-order valence-corrected chi connectivity index (χ1v) is 11.9. The molecule has 0 aliphatic heterocycles. The summed E-state index contributed by atoms with van der Waals surface area (Å²) in [7, 11) is 1.61. The smallest absolute Gasteiger partial charge is 0.356 e. The first-order chi connectivity index (χ1) is 15.5. The molecule has 1 aromatic heterocycles. The first-order valence-electron chi connectivity index (χ1n) is 11.3. The van der Waals surface area contributed by atoms with E-state index in [0.29, 0.717) is 17.8 Å². The van der Waals surface area contributed by atoms with Crippen molar-refractivity contribution < 1.29 is 23.4 Å². The molecule has 3 aliphatic carbocycles. The third-order valence-corrected chi connectivity index (χ3v) is 8.38. The Labute approximate surface area is 191 Å². The van der Waals surface area contributed by atoms with Crippen molar-refractivity contribution in [3.63, 3.8) is 0 Å². The van der Waals surface area contributed by atoms with Crippen molar-refractivity contribution >= 4 is 18.3 Å². The lowest BCUT2D eigenvalue weighted by atomic mass is 9.55. The minimum atomic E-state index is -0.933. The van der Waals surface area contributed by atoms with Crippen LogP contribution in [0.3, 0.4) is 0 Å². The molecule has 1 heterocycles. The second-order valence-electron chi connectivity index (χ2n) is 9.33. The quantitative estimate of drug-likeness (QED) is 0.244. The van der Waals surface area contributed by atoms with Crippen molar-refractivity contribution in [3.8, 4) is 5.75 Å². The SMILES string of the molecule is CCc1cc2c(cc1OSOONC)CCC1C2CC[C@]2(C)c3[nH]nc(C(=O)O)c3CC12. The van der Waals surface area contributed by atoms with Crippen LogP contribution in [0.15, 0.2) is 12.1 Å². The summed E-state index contributed by atoms with van der Waals surface area (Å²) >= 11 is 0.801. The maximum absolute atomic E-state index is 11.7. The molecule has 1 aromatic carbocycles. The zero-order chi connectivity index (χ0) is 22.5. The molecule has 5 rings (SSSR count). The van der Waals surface area contributed by atoms with Crippen molar-refractivity contribution in [2.75, 3.05) is 7.05 Å². The minimum Gasteiger partial charge on any atom is -0.476 e. The van der Waals surface area contributed by atoms with Gasteiger partial charge in [0, 0.05) is 23.7 Å². The lowest BCUT2D eigenvalue weighted by Crippen LogP contribution is -2.43. The summed E-state index contributed by atoms with van der Waals surface area (Å²) in [5.74, 6) is 1.38. The number of hydroxylamine groups is 1. The molecule has 1 saturated carbocycles. The molecule has 0 saturated heterocycles. The Morgan fingerprint density at radius 3 is 3.00 bits per heavy atom. The fourth-order valence-electron chi connectivity index (χ4n) is 6.54. The Hall–Kier alpha value is -2.07. The molecule has 3 aliphatic rings. The van der Waals surface area contributed by atoms with E-state index in [2.05, 4.69) is 46.6 Å². The topological polar surface area (TPSA) is 106 Å². The zero-order valence-corrected chi connectivity index (χ0v) is 19.4. The summed E-state index contributed by atoms with van der Waals surface area (Å²) in [5.41, 5.74) is 8.56. The Kier molecular flexibility index (Phi) is 5.69. The first kappa shape index (κ1) is 21.8. The molecule has 2 aromatic rings. The molecule has 0 bridgehead atoms. The zero-order valence-electron chi connectivity index (χ0n) is 18.6. The Morgan fingerprint density at radius 2 is 2.25 bits per heavy atom. The van der Waals surface area contributed by atoms with Crippen LogP contribution in [0.1, 0.15) is 77.5 Å². The number of H-pyrrole nitrogens is 1. The van der Waals surface area contributed by atoms with Gasteiger partial charge in [0.05, 0.1) is 0 Å². The van der Waals surface area contributed by atoms with Crippen molar-refractivity contribution in [1.29, 1.82) is 0 Å². The third kappa shape index (κ3) is 3.34. The number of aromatic carboxylic acids is 1. The van der Waals surface area contributed by atoms with Gasteiger partial charge in [-0.2, -0.15) is 10.6 Å². The number of hydrogen-bond acceptors (Lipinski definition) is 7. The average Bonchev–Trinajstić information content (AvgIpc) is 3.34. The summed E-state index contributed by atoms with van der Waals surface area (Å²) in [6.45, 7) is 4.43. The number of aryl methyl sites for hydroxylation is 2. The highest BCUT2D eigenvalue weighted by Crippen LogP contribution is 2.60. The van der Waals surface area contributed by atoms with Crippen LogP contribution in [0.4, 0.5) is 0 Å². The van der Waals surface area contributed by atoms with Gasteiger partial charge in [-0.25, -0.2) is 4.79 Å². The number of carboxylic acids is 1. The number of rotatable bonds is 7. The maximum atomic E-state index is 11.7. The standard InChI is InChI=1S/C23H29N3O5S/c1-4-12-9-16-13(10-19(12)29-32-31-30-24-3)5-6-15-14(16)7-8-23(2)18(15)11-17-20(22(27)28)25-26-21(17)23/h9-10,14-15,18,24H,4-8,11H2,1-3H3,(H,25,26)(H,27,28)/t14?,15?,18?,23-/m0/s1. The van der Waals surface area contributed by atoms with Crippen molar-refractivity contribution in [3.05, 3.63) is 45.8 Å². The van der Waals surface area contributed by atoms with Gasteiger partial charge in [-0.05, 0) is 79.0 Å². The van der Waals surface area contributed by atoms with E-state index in [9.17, 15) is 9.90 Å². The average molecular weight is 460 g/mol. The van der Waals surface area contributed by atoms with Crippen LogP contribution >= 0.6 is 12.3 Å². The van der Waals surface area contributed by atoms with E-state index < -0.39 is 5.97 Å². The van der Waals surface area contributed by atoms with Crippen LogP contribution in [0.2, 0.25) is 0 Å². The summed E-state index contributed by atoms with van der Waals surface area (Å²) in [6.07, 6.45) is 5.92. The van der Waals surface area contributed by atoms with Crippen LogP contribution in [-0.4, -0.2) is 28.3 Å². The monoisotopic (exact) mass is 459 g/mol. The number of nitrogens with zero attached hydrogens (tertiary/aromatic N) is 1. The summed E-state index contributed by atoms with van der Waals surface area (Å²) in [4.78, 5) is 16.3. The van der Waals surface area contributed by atoms with Gasteiger partial charge in [-0.3, -0.25) is 5.10 Å². The normalized spacial score (nSPS) is 27.9. The van der Waals surface area contributed by atoms with Crippen LogP contribution in [0.25, 0.3) is 0 Å². The molecule has 3 unspecified atom stereocenters. The van der Waals surface area contributed by atoms with Crippen LogP contribution in [0, 0.1) is 11.8 Å². The number of nitrogens with one attached hydrogen (secondary N) is 2. The Balaban J connectivity index is 1.42. The highest BCUT2D eigenvalue weighted by Gasteiger charge is 2.55. The summed E-state index contributed by atoms with van der Waals surface area (Å²) < 4.78 is 10.6. The summed E-state index contributed by atoms with van der Waals surface area (Å²) in [6, 6.07) is 4.49. The molecule has 4 atom stereocenters. The highest BCUT2D eigenvalue weighted by atomic mass is 32.2. The number of aromatic amines is 1. The second kappa shape index (κ2) is 8.37. The van der Waals surface area contributed by atoms with Gasteiger partial charge in [0.25, 0.3) is 12.3 Å². The molecular weight excluding hydrogens is 430 g/mol. The molecule has 32 heavy (non-hydrogen) atoms. The van der Waals surface area contributed by atoms with E-state index in [1.54, 1.807) is 7.05 Å². The molecule has 3 N–H and O–H groups in total. The molecule has 9 heteroatoms. The van der Waals surface area contributed by atoms with Crippen LogP contribution < -0.4 is 9.66 Å².